The Morgan fingerprint density at radius 2 is 2.05 bits per heavy atom. The van der Waals surface area contributed by atoms with Crippen molar-refractivity contribution < 1.29 is 4.92 Å². The molecule has 0 aliphatic rings. The number of hydrogen-bond donors (Lipinski definition) is 0. The van der Waals surface area contributed by atoms with Crippen molar-refractivity contribution in [2.24, 2.45) is 0 Å². The van der Waals surface area contributed by atoms with Gasteiger partial charge in [0.1, 0.15) is 17.7 Å². The third kappa shape index (κ3) is 2.69. The molecule has 0 saturated carbocycles. The Labute approximate surface area is 126 Å². The molecule has 0 saturated heterocycles. The van der Waals surface area contributed by atoms with Gasteiger partial charge in [0.15, 0.2) is 0 Å². The highest BCUT2D eigenvalue weighted by Crippen LogP contribution is 2.22. The molecular formula is C15H11N5O2. The van der Waals surface area contributed by atoms with E-state index < -0.39 is 4.92 Å². The van der Waals surface area contributed by atoms with Crippen molar-refractivity contribution in [1.29, 1.82) is 10.5 Å². The van der Waals surface area contributed by atoms with Crippen molar-refractivity contribution in [3.8, 4) is 17.8 Å². The van der Waals surface area contributed by atoms with Gasteiger partial charge in [-0.1, -0.05) is 6.07 Å². The first-order valence-corrected chi connectivity index (χ1v) is 6.31. The molecule has 2 rings (SSSR count). The predicted octanol–water partition coefficient (Wildman–Crippen LogP) is 2.83. The molecule has 7 heteroatoms. The fourth-order valence-corrected chi connectivity index (χ4v) is 2.09. The number of non-ortho nitro benzene ring substituents is 1. The number of rotatable bonds is 3. The van der Waals surface area contributed by atoms with Gasteiger partial charge in [-0.25, -0.2) is 4.68 Å². The van der Waals surface area contributed by atoms with Crippen LogP contribution in [0, 0.1) is 46.6 Å². The Bertz CT molecular complexity index is 849. The first-order valence-electron chi connectivity index (χ1n) is 6.31. The molecule has 1 aromatic heterocycles. The first kappa shape index (κ1) is 14.9. The molecule has 1 heterocycles. The second-order valence-corrected chi connectivity index (χ2v) is 4.55. The Hall–Kier alpha value is -3.45. The van der Waals surface area contributed by atoms with Crippen LogP contribution in [-0.4, -0.2) is 14.7 Å². The molecule has 7 nitrogen and oxygen atoms in total. The second kappa shape index (κ2) is 5.90. The summed E-state index contributed by atoms with van der Waals surface area (Å²) in [5.74, 6) is 0. The number of nitro benzene ring substituents is 1. The van der Waals surface area contributed by atoms with E-state index in [1.54, 1.807) is 42.8 Å². The number of hydrogen-bond acceptors (Lipinski definition) is 5. The Morgan fingerprint density at radius 3 is 2.64 bits per heavy atom. The van der Waals surface area contributed by atoms with Crippen LogP contribution in [0.25, 0.3) is 11.8 Å². The van der Waals surface area contributed by atoms with Crippen LogP contribution in [-0.2, 0) is 0 Å². The van der Waals surface area contributed by atoms with Gasteiger partial charge in [-0.15, -0.1) is 0 Å². The quantitative estimate of drug-likeness (QED) is 0.491. The van der Waals surface area contributed by atoms with E-state index in [0.717, 1.165) is 0 Å². The topological polar surface area (TPSA) is 109 Å². The van der Waals surface area contributed by atoms with Crippen molar-refractivity contribution in [2.75, 3.05) is 0 Å². The SMILES string of the molecule is Cc1nn(-c2cccc([N+](=O)[O-])c2)c(C)c1C=C(C#N)C#N. The highest BCUT2D eigenvalue weighted by atomic mass is 16.6. The molecule has 0 spiro atoms. The first-order chi connectivity index (χ1) is 10.5. The largest absolute Gasteiger partial charge is 0.271 e. The maximum Gasteiger partial charge on any atom is 0.271 e. The molecule has 108 valence electrons. The zero-order chi connectivity index (χ0) is 16.3. The average molecular weight is 293 g/mol. The van der Waals surface area contributed by atoms with Crippen molar-refractivity contribution in [3.63, 3.8) is 0 Å². The van der Waals surface area contributed by atoms with E-state index >= 15 is 0 Å². The van der Waals surface area contributed by atoms with Gasteiger partial charge in [-0.05, 0) is 26.0 Å². The standard InChI is InChI=1S/C15H11N5O2/c1-10-15(6-12(8-16)9-17)11(2)19(18-10)13-4-3-5-14(7-13)20(21)22/h3-7H,1-2H3. The number of allylic oxidation sites excluding steroid dienone is 1. The molecule has 0 unspecified atom stereocenters. The van der Waals surface area contributed by atoms with Gasteiger partial charge in [0.2, 0.25) is 0 Å². The molecule has 0 radical (unpaired) electrons. The monoisotopic (exact) mass is 293 g/mol. The Kier molecular flexibility index (Phi) is 4.01. The lowest BCUT2D eigenvalue weighted by molar-refractivity contribution is -0.384. The third-order valence-electron chi connectivity index (χ3n) is 3.16. The van der Waals surface area contributed by atoms with Crippen molar-refractivity contribution >= 4 is 11.8 Å². The molecule has 0 aliphatic heterocycles. The number of nitrogens with zero attached hydrogens (tertiary/aromatic N) is 5. The van der Waals surface area contributed by atoms with Crippen LogP contribution >= 0.6 is 0 Å². The van der Waals surface area contributed by atoms with Crippen LogP contribution in [0.15, 0.2) is 29.8 Å². The summed E-state index contributed by atoms with van der Waals surface area (Å²) in [5, 5.41) is 32.9. The second-order valence-electron chi connectivity index (χ2n) is 4.55. The summed E-state index contributed by atoms with van der Waals surface area (Å²) in [6.07, 6.45) is 1.46. The van der Waals surface area contributed by atoms with Gasteiger partial charge in [-0.3, -0.25) is 10.1 Å². The van der Waals surface area contributed by atoms with Crippen LogP contribution < -0.4 is 0 Å². The molecule has 0 fully saturated rings. The summed E-state index contributed by atoms with van der Waals surface area (Å²) in [6, 6.07) is 9.71. The average Bonchev–Trinajstić information content (AvgIpc) is 2.80. The number of aromatic nitrogens is 2. The van der Waals surface area contributed by atoms with E-state index in [4.69, 9.17) is 10.5 Å². The minimum absolute atomic E-state index is 0.0233. The van der Waals surface area contributed by atoms with Crippen LogP contribution in [0.4, 0.5) is 5.69 Å². The molecule has 2 aromatic rings. The lowest BCUT2D eigenvalue weighted by Crippen LogP contribution is -2.00. The third-order valence-corrected chi connectivity index (χ3v) is 3.16. The molecule has 0 bridgehead atoms. The summed E-state index contributed by atoms with van der Waals surface area (Å²) in [6.45, 7) is 3.52. The highest BCUT2D eigenvalue weighted by molar-refractivity contribution is 5.65. The minimum atomic E-state index is -0.473. The minimum Gasteiger partial charge on any atom is -0.258 e. The number of nitro groups is 1. The van der Waals surface area contributed by atoms with Gasteiger partial charge < -0.3 is 0 Å². The lowest BCUT2D eigenvalue weighted by atomic mass is 10.1. The maximum atomic E-state index is 10.9. The van der Waals surface area contributed by atoms with Gasteiger partial charge in [0, 0.05) is 23.4 Å². The number of aryl methyl sites for hydroxylation is 1. The molecule has 0 N–H and O–H groups in total. The Morgan fingerprint density at radius 1 is 1.36 bits per heavy atom. The van der Waals surface area contributed by atoms with Crippen molar-refractivity contribution in [1.82, 2.24) is 9.78 Å². The molecule has 0 amide bonds. The van der Waals surface area contributed by atoms with Gasteiger partial charge >= 0.3 is 0 Å². The van der Waals surface area contributed by atoms with E-state index in [1.807, 2.05) is 0 Å². The van der Waals surface area contributed by atoms with Crippen LogP contribution in [0.1, 0.15) is 17.0 Å². The summed E-state index contributed by atoms with van der Waals surface area (Å²) < 4.78 is 1.56. The van der Waals surface area contributed by atoms with E-state index in [1.165, 1.54) is 18.2 Å². The fraction of sp³-hybridized carbons (Fsp3) is 0.133. The van der Waals surface area contributed by atoms with E-state index in [0.29, 0.717) is 22.6 Å². The van der Waals surface area contributed by atoms with E-state index in [9.17, 15) is 10.1 Å². The zero-order valence-corrected chi connectivity index (χ0v) is 11.9. The van der Waals surface area contributed by atoms with Gasteiger partial charge in [0.05, 0.1) is 16.3 Å². The summed E-state index contributed by atoms with van der Waals surface area (Å²) in [4.78, 5) is 10.4. The highest BCUT2D eigenvalue weighted by Gasteiger charge is 2.14. The molecule has 0 atom stereocenters. The predicted molar refractivity (Wildman–Crippen MR) is 78.9 cm³/mol. The Balaban J connectivity index is 2.59. The molecule has 0 aliphatic carbocycles. The molecular weight excluding hydrogens is 282 g/mol. The van der Waals surface area contributed by atoms with Crippen LogP contribution in [0.2, 0.25) is 0 Å². The van der Waals surface area contributed by atoms with E-state index in [-0.39, 0.29) is 11.3 Å². The van der Waals surface area contributed by atoms with Crippen molar-refractivity contribution in [3.05, 3.63) is 56.9 Å². The van der Waals surface area contributed by atoms with Gasteiger partial charge in [-0.2, -0.15) is 15.6 Å². The smallest absolute Gasteiger partial charge is 0.258 e. The van der Waals surface area contributed by atoms with Crippen molar-refractivity contribution in [2.45, 2.75) is 13.8 Å². The molecule has 1 aromatic carbocycles. The maximum absolute atomic E-state index is 10.9. The summed E-state index contributed by atoms with van der Waals surface area (Å²) in [7, 11) is 0. The van der Waals surface area contributed by atoms with Crippen LogP contribution in [0.3, 0.4) is 0 Å². The van der Waals surface area contributed by atoms with E-state index in [2.05, 4.69) is 5.10 Å². The number of benzene rings is 1. The summed E-state index contributed by atoms with van der Waals surface area (Å²) >= 11 is 0. The fourth-order valence-electron chi connectivity index (χ4n) is 2.09. The molecule has 22 heavy (non-hydrogen) atoms. The van der Waals surface area contributed by atoms with Crippen LogP contribution in [0.5, 0.6) is 0 Å². The zero-order valence-electron chi connectivity index (χ0n) is 11.9. The lowest BCUT2D eigenvalue weighted by Gasteiger charge is -2.04. The summed E-state index contributed by atoms with van der Waals surface area (Å²) in [5.41, 5.74) is 2.48. The number of nitriles is 2. The normalized spacial score (nSPS) is 9.64. The van der Waals surface area contributed by atoms with Gasteiger partial charge in [0.25, 0.3) is 5.69 Å².